The molecular formula is C25H29NO5. The Morgan fingerprint density at radius 1 is 1.13 bits per heavy atom. The van der Waals surface area contributed by atoms with Gasteiger partial charge >= 0.3 is 0 Å². The van der Waals surface area contributed by atoms with E-state index in [1.807, 2.05) is 43.3 Å². The second-order valence-corrected chi connectivity index (χ2v) is 8.08. The van der Waals surface area contributed by atoms with Gasteiger partial charge in [-0.3, -0.25) is 9.59 Å². The summed E-state index contributed by atoms with van der Waals surface area (Å²) in [5.74, 6) is -0.422. The van der Waals surface area contributed by atoms with Gasteiger partial charge in [0.25, 0.3) is 11.7 Å². The van der Waals surface area contributed by atoms with Gasteiger partial charge in [-0.1, -0.05) is 44.2 Å². The third-order valence-electron chi connectivity index (χ3n) is 5.23. The molecule has 6 nitrogen and oxygen atoms in total. The van der Waals surface area contributed by atoms with E-state index in [0.717, 1.165) is 11.1 Å². The van der Waals surface area contributed by atoms with E-state index in [1.165, 1.54) is 4.90 Å². The molecule has 0 spiro atoms. The fraction of sp³-hybridized carbons (Fsp3) is 0.360. The lowest BCUT2D eigenvalue weighted by Gasteiger charge is -2.25. The first-order chi connectivity index (χ1) is 14.8. The number of Topliss-reactive ketones (excluding diaryl/α,β-unsaturated/α-hetero) is 1. The summed E-state index contributed by atoms with van der Waals surface area (Å²) in [6, 6.07) is 13.9. The van der Waals surface area contributed by atoms with Crippen LogP contribution < -0.4 is 4.74 Å². The largest absolute Gasteiger partial charge is 0.507 e. The monoisotopic (exact) mass is 423 g/mol. The molecule has 0 bridgehead atoms. The molecule has 31 heavy (non-hydrogen) atoms. The summed E-state index contributed by atoms with van der Waals surface area (Å²) >= 11 is 0. The zero-order valence-corrected chi connectivity index (χ0v) is 18.4. The van der Waals surface area contributed by atoms with Gasteiger partial charge in [0.15, 0.2) is 0 Å². The van der Waals surface area contributed by atoms with Crippen LogP contribution in [0.5, 0.6) is 5.75 Å². The van der Waals surface area contributed by atoms with Crippen molar-refractivity contribution in [1.82, 2.24) is 4.90 Å². The molecule has 1 saturated heterocycles. The minimum absolute atomic E-state index is 0.0891. The average Bonchev–Trinajstić information content (AvgIpc) is 3.01. The fourth-order valence-corrected chi connectivity index (χ4v) is 3.68. The molecule has 0 saturated carbocycles. The molecule has 0 unspecified atom stereocenters. The summed E-state index contributed by atoms with van der Waals surface area (Å²) in [4.78, 5) is 27.2. The molecule has 1 fully saturated rings. The molecule has 1 N–H and O–H groups in total. The third kappa shape index (κ3) is 4.80. The number of hydrogen-bond donors (Lipinski definition) is 1. The highest BCUT2D eigenvalue weighted by Gasteiger charge is 2.45. The Morgan fingerprint density at radius 2 is 1.84 bits per heavy atom. The molecule has 0 radical (unpaired) electrons. The molecule has 3 rings (SSSR count). The second kappa shape index (κ2) is 9.79. The van der Waals surface area contributed by atoms with Crippen LogP contribution in [0.3, 0.4) is 0 Å². The molecule has 0 aliphatic carbocycles. The summed E-state index contributed by atoms with van der Waals surface area (Å²) in [6.07, 6.45) is 0. The Labute approximate surface area is 183 Å². The van der Waals surface area contributed by atoms with Crippen LogP contribution in [0.4, 0.5) is 0 Å². The number of nitrogens with zero attached hydrogens (tertiary/aromatic N) is 1. The minimum Gasteiger partial charge on any atom is -0.507 e. The fourth-order valence-electron chi connectivity index (χ4n) is 3.68. The number of methoxy groups -OCH3 is 1. The summed E-state index contributed by atoms with van der Waals surface area (Å²) in [5, 5.41) is 11.2. The first-order valence-corrected chi connectivity index (χ1v) is 10.4. The summed E-state index contributed by atoms with van der Waals surface area (Å²) < 4.78 is 10.9. The Bertz CT molecular complexity index is 981. The van der Waals surface area contributed by atoms with Crippen LogP contribution in [-0.2, 0) is 14.3 Å². The lowest BCUT2D eigenvalue weighted by atomic mass is 9.94. The molecule has 164 valence electrons. The number of ketones is 1. The molecule has 0 aromatic heterocycles. The maximum atomic E-state index is 13.0. The van der Waals surface area contributed by atoms with E-state index in [-0.39, 0.29) is 24.5 Å². The van der Waals surface area contributed by atoms with Crippen molar-refractivity contribution in [2.75, 3.05) is 26.9 Å². The van der Waals surface area contributed by atoms with Crippen molar-refractivity contribution >= 4 is 17.4 Å². The highest BCUT2D eigenvalue weighted by Crippen LogP contribution is 2.39. The normalized spacial score (nSPS) is 18.1. The molecule has 1 amide bonds. The second-order valence-electron chi connectivity index (χ2n) is 8.08. The number of ether oxygens (including phenoxy) is 2. The van der Waals surface area contributed by atoms with E-state index in [4.69, 9.17) is 9.47 Å². The molecule has 1 aliphatic rings. The van der Waals surface area contributed by atoms with Crippen LogP contribution in [0.15, 0.2) is 54.1 Å². The molecule has 2 aromatic carbocycles. The van der Waals surface area contributed by atoms with Gasteiger partial charge in [-0.2, -0.15) is 0 Å². The van der Waals surface area contributed by atoms with Crippen molar-refractivity contribution in [2.45, 2.75) is 26.8 Å². The standard InChI is InChI=1S/C25H29NO5/c1-16(2)15-31-19-10-11-20(17(3)14-19)23(27)21-22(18-8-6-5-7-9-18)26(12-13-30-4)25(29)24(21)28/h5-11,14,16,22,27H,12-13,15H2,1-4H3/t22-/m1/s1. The Morgan fingerprint density at radius 3 is 2.45 bits per heavy atom. The van der Waals surface area contributed by atoms with E-state index in [2.05, 4.69) is 13.8 Å². The van der Waals surface area contributed by atoms with Crippen LogP contribution in [0.25, 0.3) is 5.76 Å². The molecule has 1 atom stereocenters. The van der Waals surface area contributed by atoms with Crippen molar-refractivity contribution in [1.29, 1.82) is 0 Å². The summed E-state index contributed by atoms with van der Waals surface area (Å²) in [7, 11) is 1.54. The Balaban J connectivity index is 2.06. The molecule has 1 heterocycles. The number of aryl methyl sites for hydroxylation is 1. The van der Waals surface area contributed by atoms with Crippen molar-refractivity contribution in [2.24, 2.45) is 5.92 Å². The summed E-state index contributed by atoms with van der Waals surface area (Å²) in [6.45, 7) is 7.10. The molecule has 6 heteroatoms. The van der Waals surface area contributed by atoms with Crippen molar-refractivity contribution < 1.29 is 24.2 Å². The van der Waals surface area contributed by atoms with Crippen LogP contribution >= 0.6 is 0 Å². The van der Waals surface area contributed by atoms with Crippen molar-refractivity contribution in [3.8, 4) is 5.75 Å². The maximum Gasteiger partial charge on any atom is 0.295 e. The lowest BCUT2D eigenvalue weighted by Crippen LogP contribution is -2.32. The number of benzene rings is 2. The number of rotatable bonds is 8. The van der Waals surface area contributed by atoms with Crippen molar-refractivity contribution in [3.05, 3.63) is 70.8 Å². The average molecular weight is 424 g/mol. The maximum absolute atomic E-state index is 13.0. The third-order valence-corrected chi connectivity index (χ3v) is 5.23. The van der Waals surface area contributed by atoms with Crippen LogP contribution in [0.2, 0.25) is 0 Å². The van der Waals surface area contributed by atoms with E-state index in [1.54, 1.807) is 19.2 Å². The van der Waals surface area contributed by atoms with Gasteiger partial charge in [0.2, 0.25) is 0 Å². The van der Waals surface area contributed by atoms with E-state index in [0.29, 0.717) is 23.8 Å². The number of aliphatic hydroxyl groups is 1. The van der Waals surface area contributed by atoms with E-state index >= 15 is 0 Å². The van der Waals surface area contributed by atoms with E-state index in [9.17, 15) is 14.7 Å². The molecular weight excluding hydrogens is 394 g/mol. The first kappa shape index (κ1) is 22.6. The summed E-state index contributed by atoms with van der Waals surface area (Å²) in [5.41, 5.74) is 2.11. The van der Waals surface area contributed by atoms with Crippen LogP contribution in [0.1, 0.15) is 36.6 Å². The van der Waals surface area contributed by atoms with Gasteiger partial charge in [0.1, 0.15) is 11.5 Å². The predicted molar refractivity (Wildman–Crippen MR) is 119 cm³/mol. The smallest absolute Gasteiger partial charge is 0.295 e. The molecule has 1 aliphatic heterocycles. The highest BCUT2D eigenvalue weighted by atomic mass is 16.5. The number of carbonyl (C=O) groups is 2. The SMILES string of the molecule is COCCN1C(=O)C(=O)C(=C(O)c2ccc(OCC(C)C)cc2C)[C@H]1c1ccccc1. The highest BCUT2D eigenvalue weighted by molar-refractivity contribution is 6.46. The van der Waals surface area contributed by atoms with Crippen LogP contribution in [0, 0.1) is 12.8 Å². The lowest BCUT2D eigenvalue weighted by molar-refractivity contribution is -0.140. The van der Waals surface area contributed by atoms with Gasteiger partial charge in [0, 0.05) is 19.2 Å². The zero-order chi connectivity index (χ0) is 22.5. The number of amides is 1. The minimum atomic E-state index is -0.693. The van der Waals surface area contributed by atoms with Gasteiger partial charge < -0.3 is 19.5 Å². The number of likely N-dealkylation sites (tertiary alicyclic amines) is 1. The van der Waals surface area contributed by atoms with Gasteiger partial charge in [-0.25, -0.2) is 0 Å². The van der Waals surface area contributed by atoms with Crippen molar-refractivity contribution in [3.63, 3.8) is 0 Å². The number of aliphatic hydroxyl groups excluding tert-OH is 1. The quantitative estimate of drug-likeness (QED) is 0.393. The predicted octanol–water partition coefficient (Wildman–Crippen LogP) is 4.10. The van der Waals surface area contributed by atoms with Gasteiger partial charge in [-0.05, 0) is 42.2 Å². The Hall–Kier alpha value is -3.12. The first-order valence-electron chi connectivity index (χ1n) is 10.4. The number of hydrogen-bond acceptors (Lipinski definition) is 5. The zero-order valence-electron chi connectivity index (χ0n) is 18.4. The molecule has 2 aromatic rings. The Kier molecular flexibility index (Phi) is 7.13. The topological polar surface area (TPSA) is 76.1 Å². The van der Waals surface area contributed by atoms with Crippen LogP contribution in [-0.4, -0.2) is 48.6 Å². The van der Waals surface area contributed by atoms with E-state index < -0.39 is 17.7 Å². The van der Waals surface area contributed by atoms with Gasteiger partial charge in [0.05, 0.1) is 24.8 Å². The number of carbonyl (C=O) groups excluding carboxylic acids is 2. The van der Waals surface area contributed by atoms with Gasteiger partial charge in [-0.15, -0.1) is 0 Å².